The summed E-state index contributed by atoms with van der Waals surface area (Å²) in [5, 5.41) is 11.1. The van der Waals surface area contributed by atoms with Crippen LogP contribution in [0.5, 0.6) is 0 Å². The number of hydrogen-bond donors (Lipinski definition) is 1. The lowest BCUT2D eigenvalue weighted by Crippen LogP contribution is -2.61. The minimum absolute atomic E-state index is 0.00623. The molecule has 0 saturated heterocycles. The van der Waals surface area contributed by atoms with Crippen LogP contribution in [0.1, 0.15) is 72.1 Å². The molecule has 4 aliphatic carbocycles. The van der Waals surface area contributed by atoms with Crippen LogP contribution in [0.4, 0.5) is 0 Å². The van der Waals surface area contributed by atoms with Crippen LogP contribution in [-0.4, -0.2) is 28.1 Å². The standard InChI is InChI=1S/C21H30O4/c1-12(22)21(25)9-7-16-15-5-4-13-10-14(23)6-8-19(13,2)18(15)17(24)11-20(16,21)3/h13,15-16,18,25H,4-11H2,1-3H3/t13-,15-,16+,18+,19-,20+,21-/m0/s1. The molecule has 4 saturated carbocycles. The molecule has 0 aliphatic heterocycles. The SMILES string of the molecule is CC(=O)[C@@]1(O)CC[C@@H]2[C@@H]3CC[C@H]4CC(=O)CC[C@]4(C)[C@H]3C(=O)C[C@]21C. The van der Waals surface area contributed by atoms with E-state index in [4.69, 9.17) is 0 Å². The Balaban J connectivity index is 1.72. The molecule has 0 aromatic rings. The number of ketones is 3. The largest absolute Gasteiger partial charge is 0.381 e. The fraction of sp³-hybridized carbons (Fsp3) is 0.857. The second-order valence-electron chi connectivity index (χ2n) is 9.79. The number of hydrogen-bond acceptors (Lipinski definition) is 4. The van der Waals surface area contributed by atoms with E-state index in [1.54, 1.807) is 0 Å². The normalized spacial score (nSPS) is 52.3. The molecule has 4 aliphatic rings. The number of carbonyl (C=O) groups excluding carboxylic acids is 3. The third kappa shape index (κ3) is 2.06. The number of carbonyl (C=O) groups is 3. The van der Waals surface area contributed by atoms with E-state index in [2.05, 4.69) is 6.92 Å². The number of aliphatic hydroxyl groups is 1. The molecule has 138 valence electrons. The van der Waals surface area contributed by atoms with Crippen LogP contribution < -0.4 is 0 Å². The lowest BCUT2D eigenvalue weighted by Gasteiger charge is -2.59. The van der Waals surface area contributed by atoms with Crippen LogP contribution in [0.15, 0.2) is 0 Å². The predicted octanol–water partition coefficient (Wildman–Crippen LogP) is 3.10. The molecule has 4 rings (SSSR count). The molecule has 0 radical (unpaired) electrons. The molecule has 4 nitrogen and oxygen atoms in total. The third-order valence-electron chi connectivity index (χ3n) is 8.90. The van der Waals surface area contributed by atoms with Crippen molar-refractivity contribution >= 4 is 17.3 Å². The average molecular weight is 346 g/mol. The van der Waals surface area contributed by atoms with E-state index in [0.717, 1.165) is 25.7 Å². The zero-order valence-corrected chi connectivity index (χ0v) is 15.6. The van der Waals surface area contributed by atoms with Gasteiger partial charge in [0.15, 0.2) is 5.78 Å². The Morgan fingerprint density at radius 3 is 2.52 bits per heavy atom. The van der Waals surface area contributed by atoms with Crippen molar-refractivity contribution in [1.82, 2.24) is 0 Å². The molecule has 4 heteroatoms. The highest BCUT2D eigenvalue weighted by atomic mass is 16.3. The van der Waals surface area contributed by atoms with E-state index in [0.29, 0.717) is 37.4 Å². The third-order valence-corrected chi connectivity index (χ3v) is 8.90. The highest BCUT2D eigenvalue weighted by molar-refractivity contribution is 5.90. The van der Waals surface area contributed by atoms with Gasteiger partial charge < -0.3 is 5.11 Å². The maximum Gasteiger partial charge on any atom is 0.161 e. The Morgan fingerprint density at radius 1 is 1.12 bits per heavy atom. The molecule has 0 unspecified atom stereocenters. The summed E-state index contributed by atoms with van der Waals surface area (Å²) in [5.74, 6) is 1.22. The predicted molar refractivity (Wildman–Crippen MR) is 92.8 cm³/mol. The Bertz CT molecular complexity index is 654. The minimum Gasteiger partial charge on any atom is -0.381 e. The summed E-state index contributed by atoms with van der Waals surface area (Å²) in [6, 6.07) is 0. The fourth-order valence-corrected chi connectivity index (χ4v) is 7.44. The van der Waals surface area contributed by atoms with Crippen molar-refractivity contribution in [3.8, 4) is 0 Å². The van der Waals surface area contributed by atoms with Crippen LogP contribution in [0.3, 0.4) is 0 Å². The molecular formula is C21H30O4. The minimum atomic E-state index is -1.35. The van der Waals surface area contributed by atoms with E-state index in [1.807, 2.05) is 6.92 Å². The van der Waals surface area contributed by atoms with Gasteiger partial charge in [-0.05, 0) is 62.2 Å². The monoisotopic (exact) mass is 346 g/mol. The number of rotatable bonds is 1. The van der Waals surface area contributed by atoms with Crippen LogP contribution in [-0.2, 0) is 14.4 Å². The van der Waals surface area contributed by atoms with Crippen LogP contribution >= 0.6 is 0 Å². The molecule has 7 atom stereocenters. The molecular weight excluding hydrogens is 316 g/mol. The van der Waals surface area contributed by atoms with Gasteiger partial charge in [0.1, 0.15) is 17.2 Å². The maximum absolute atomic E-state index is 13.3. The van der Waals surface area contributed by atoms with Gasteiger partial charge in [0.05, 0.1) is 0 Å². The van der Waals surface area contributed by atoms with Gasteiger partial charge in [-0.3, -0.25) is 14.4 Å². The first-order valence-electron chi connectivity index (χ1n) is 9.91. The van der Waals surface area contributed by atoms with Crippen molar-refractivity contribution in [3.05, 3.63) is 0 Å². The highest BCUT2D eigenvalue weighted by Gasteiger charge is 2.68. The summed E-state index contributed by atoms with van der Waals surface area (Å²) >= 11 is 0. The Hall–Kier alpha value is -1.03. The summed E-state index contributed by atoms with van der Waals surface area (Å²) < 4.78 is 0. The lowest BCUT2D eigenvalue weighted by molar-refractivity contribution is -0.176. The van der Waals surface area contributed by atoms with Gasteiger partial charge >= 0.3 is 0 Å². The Kier molecular flexibility index (Phi) is 3.65. The molecule has 25 heavy (non-hydrogen) atoms. The van der Waals surface area contributed by atoms with Gasteiger partial charge in [-0.15, -0.1) is 0 Å². The van der Waals surface area contributed by atoms with Crippen LogP contribution in [0.2, 0.25) is 0 Å². The van der Waals surface area contributed by atoms with Gasteiger partial charge in [0.2, 0.25) is 0 Å². The summed E-state index contributed by atoms with van der Waals surface area (Å²) in [4.78, 5) is 37.5. The van der Waals surface area contributed by atoms with Gasteiger partial charge in [-0.1, -0.05) is 13.8 Å². The summed E-state index contributed by atoms with van der Waals surface area (Å²) in [6.07, 6.45) is 5.64. The van der Waals surface area contributed by atoms with Crippen LogP contribution in [0, 0.1) is 34.5 Å². The quantitative estimate of drug-likeness (QED) is 0.792. The Morgan fingerprint density at radius 2 is 1.84 bits per heavy atom. The van der Waals surface area contributed by atoms with Crippen molar-refractivity contribution < 1.29 is 19.5 Å². The molecule has 0 bridgehead atoms. The van der Waals surface area contributed by atoms with Crippen molar-refractivity contribution in [2.45, 2.75) is 77.7 Å². The molecule has 4 fully saturated rings. The first-order valence-corrected chi connectivity index (χ1v) is 9.91. The van der Waals surface area contributed by atoms with Gasteiger partial charge in [0, 0.05) is 30.6 Å². The molecule has 0 heterocycles. The second kappa shape index (κ2) is 5.25. The van der Waals surface area contributed by atoms with Crippen molar-refractivity contribution in [3.63, 3.8) is 0 Å². The summed E-state index contributed by atoms with van der Waals surface area (Å²) in [5.41, 5.74) is -2.05. The molecule has 0 amide bonds. The lowest BCUT2D eigenvalue weighted by atomic mass is 9.44. The van der Waals surface area contributed by atoms with Crippen LogP contribution in [0.25, 0.3) is 0 Å². The second-order valence-corrected chi connectivity index (χ2v) is 9.79. The van der Waals surface area contributed by atoms with Crippen molar-refractivity contribution in [1.29, 1.82) is 0 Å². The zero-order valence-electron chi connectivity index (χ0n) is 15.6. The molecule has 0 aromatic carbocycles. The first kappa shape index (κ1) is 17.4. The summed E-state index contributed by atoms with van der Waals surface area (Å²) in [7, 11) is 0. The highest BCUT2D eigenvalue weighted by Crippen LogP contribution is 2.67. The molecule has 0 aromatic heterocycles. The number of Topliss-reactive ketones (excluding diaryl/α,β-unsaturated/α-hetero) is 3. The van der Waals surface area contributed by atoms with Crippen molar-refractivity contribution in [2.24, 2.45) is 34.5 Å². The average Bonchev–Trinajstić information content (AvgIpc) is 2.80. The van der Waals surface area contributed by atoms with E-state index in [1.165, 1.54) is 6.92 Å². The topological polar surface area (TPSA) is 71.4 Å². The summed E-state index contributed by atoms with van der Waals surface area (Å²) in [6.45, 7) is 5.67. The Labute approximate surface area is 149 Å². The van der Waals surface area contributed by atoms with Gasteiger partial charge in [0.25, 0.3) is 0 Å². The van der Waals surface area contributed by atoms with Gasteiger partial charge in [-0.25, -0.2) is 0 Å². The van der Waals surface area contributed by atoms with Gasteiger partial charge in [-0.2, -0.15) is 0 Å². The van der Waals surface area contributed by atoms with Crippen molar-refractivity contribution in [2.75, 3.05) is 0 Å². The fourth-order valence-electron chi connectivity index (χ4n) is 7.44. The van der Waals surface area contributed by atoms with E-state index < -0.39 is 11.0 Å². The first-order chi connectivity index (χ1) is 11.6. The van der Waals surface area contributed by atoms with E-state index in [9.17, 15) is 19.5 Å². The number of fused-ring (bicyclic) bond motifs is 5. The molecule has 1 N–H and O–H groups in total. The smallest absolute Gasteiger partial charge is 0.161 e. The van der Waals surface area contributed by atoms with E-state index in [-0.39, 0.29) is 34.7 Å². The maximum atomic E-state index is 13.3. The zero-order chi connectivity index (χ0) is 18.2. The molecule has 0 spiro atoms. The van der Waals surface area contributed by atoms with E-state index >= 15 is 0 Å².